The molecule has 0 spiro atoms. The van der Waals surface area contributed by atoms with Gasteiger partial charge in [0.2, 0.25) is 0 Å². The molecule has 4 rings (SSSR count). The number of hydrogen-bond acceptors (Lipinski definition) is 2. The first-order chi connectivity index (χ1) is 10.2. The lowest BCUT2D eigenvalue weighted by atomic mass is 9.87. The number of fused-ring (bicyclic) bond motifs is 3. The van der Waals surface area contributed by atoms with E-state index < -0.39 is 0 Å². The van der Waals surface area contributed by atoms with Gasteiger partial charge in [-0.15, -0.1) is 0 Å². The molecule has 0 unspecified atom stereocenters. The van der Waals surface area contributed by atoms with E-state index in [4.69, 9.17) is 12.2 Å². The first kappa shape index (κ1) is 13.0. The highest BCUT2D eigenvalue weighted by atomic mass is 32.1. The van der Waals surface area contributed by atoms with Crippen molar-refractivity contribution < 1.29 is 0 Å². The van der Waals surface area contributed by atoms with Crippen molar-refractivity contribution in [2.75, 3.05) is 0 Å². The molecule has 1 saturated carbocycles. The molecule has 21 heavy (non-hydrogen) atoms. The van der Waals surface area contributed by atoms with Gasteiger partial charge in [-0.25, -0.2) is 0 Å². The summed E-state index contributed by atoms with van der Waals surface area (Å²) in [5.41, 5.74) is 3.32. The van der Waals surface area contributed by atoms with Crippen molar-refractivity contribution in [3.63, 3.8) is 0 Å². The molecule has 1 N–H and O–H groups in total. The summed E-state index contributed by atoms with van der Waals surface area (Å²) in [6.07, 6.45) is 6.94. The Morgan fingerprint density at radius 2 is 1.95 bits per heavy atom. The quantitative estimate of drug-likeness (QED) is 0.641. The summed E-state index contributed by atoms with van der Waals surface area (Å²) in [4.78, 5) is 7.87. The summed E-state index contributed by atoms with van der Waals surface area (Å²) in [5.74, 6) is 0.846. The molecule has 0 radical (unpaired) electrons. The van der Waals surface area contributed by atoms with Gasteiger partial charge in [-0.05, 0) is 49.9 Å². The number of nitrogens with one attached hydrogen (secondary N) is 1. The van der Waals surface area contributed by atoms with Crippen molar-refractivity contribution in [1.29, 1.82) is 0 Å². The summed E-state index contributed by atoms with van der Waals surface area (Å²) in [7, 11) is 0. The molecule has 0 atom stereocenters. The van der Waals surface area contributed by atoms with Gasteiger partial charge in [-0.2, -0.15) is 0 Å². The maximum Gasteiger partial charge on any atom is 0.178 e. The third-order valence-corrected chi connectivity index (χ3v) is 5.10. The fourth-order valence-corrected chi connectivity index (χ4v) is 3.95. The molecule has 4 heteroatoms. The lowest BCUT2D eigenvalue weighted by Gasteiger charge is -2.27. The Hall–Kier alpha value is -1.68. The smallest absolute Gasteiger partial charge is 0.178 e. The summed E-state index contributed by atoms with van der Waals surface area (Å²) in [6, 6.07) is 8.85. The second-order valence-electron chi connectivity index (χ2n) is 6.25. The second-order valence-corrected chi connectivity index (χ2v) is 6.64. The number of rotatable bonds is 1. The molecule has 2 heterocycles. The van der Waals surface area contributed by atoms with E-state index in [1.807, 2.05) is 12.3 Å². The minimum Gasteiger partial charge on any atom is -0.329 e. The lowest BCUT2D eigenvalue weighted by Crippen LogP contribution is -2.16. The number of hydrogen-bond donors (Lipinski definition) is 1. The van der Waals surface area contributed by atoms with Crippen molar-refractivity contribution in [3.05, 3.63) is 35.2 Å². The SMILES string of the molecule is CC1CCC(n2c(=S)[nH]c3cnc4ccccc4c32)CC1. The van der Waals surface area contributed by atoms with Crippen LogP contribution in [0.4, 0.5) is 0 Å². The number of para-hydroxylation sites is 1. The lowest BCUT2D eigenvalue weighted by molar-refractivity contribution is 0.292. The zero-order chi connectivity index (χ0) is 14.4. The number of H-pyrrole nitrogens is 1. The number of nitrogens with zero attached hydrogens (tertiary/aromatic N) is 2. The fourth-order valence-electron chi connectivity index (χ4n) is 3.60. The van der Waals surface area contributed by atoms with Crippen LogP contribution in [0.15, 0.2) is 30.5 Å². The Labute approximate surface area is 129 Å². The van der Waals surface area contributed by atoms with Crippen LogP contribution in [0.25, 0.3) is 21.9 Å². The molecule has 1 aromatic carbocycles. The van der Waals surface area contributed by atoms with Gasteiger partial charge in [-0.3, -0.25) is 4.98 Å². The third kappa shape index (κ3) is 2.09. The largest absolute Gasteiger partial charge is 0.329 e. The van der Waals surface area contributed by atoms with Crippen LogP contribution in [0.2, 0.25) is 0 Å². The molecule has 3 nitrogen and oxygen atoms in total. The Morgan fingerprint density at radius 1 is 1.19 bits per heavy atom. The molecule has 0 saturated heterocycles. The van der Waals surface area contributed by atoms with Gasteiger partial charge >= 0.3 is 0 Å². The Kier molecular flexibility index (Phi) is 3.07. The van der Waals surface area contributed by atoms with Crippen LogP contribution < -0.4 is 0 Å². The highest BCUT2D eigenvalue weighted by molar-refractivity contribution is 7.71. The van der Waals surface area contributed by atoms with E-state index in [-0.39, 0.29) is 0 Å². The van der Waals surface area contributed by atoms with Gasteiger partial charge in [0.1, 0.15) is 0 Å². The summed E-state index contributed by atoms with van der Waals surface area (Å²) in [6.45, 7) is 2.35. The van der Waals surface area contributed by atoms with Crippen LogP contribution in [0.3, 0.4) is 0 Å². The fraction of sp³-hybridized carbons (Fsp3) is 0.412. The monoisotopic (exact) mass is 297 g/mol. The summed E-state index contributed by atoms with van der Waals surface area (Å²) in [5, 5.41) is 1.20. The maximum atomic E-state index is 5.61. The van der Waals surface area contributed by atoms with Crippen LogP contribution in [0.5, 0.6) is 0 Å². The van der Waals surface area contributed by atoms with Crippen molar-refractivity contribution >= 4 is 34.2 Å². The standard InChI is InChI=1S/C17H19N3S/c1-11-6-8-12(9-7-11)20-16-13-4-2-3-5-14(13)18-10-15(16)19-17(20)21/h2-5,10-12H,6-9H2,1H3,(H,19,21). The number of imidazole rings is 1. The zero-order valence-corrected chi connectivity index (χ0v) is 13.0. The molecule has 3 aromatic rings. The average Bonchev–Trinajstić information content (AvgIpc) is 2.85. The minimum atomic E-state index is 0.522. The highest BCUT2D eigenvalue weighted by Crippen LogP contribution is 2.35. The van der Waals surface area contributed by atoms with Gasteiger partial charge in [0, 0.05) is 11.4 Å². The second kappa shape index (κ2) is 4.95. The third-order valence-electron chi connectivity index (χ3n) is 4.80. The zero-order valence-electron chi connectivity index (χ0n) is 12.2. The van der Waals surface area contributed by atoms with E-state index in [2.05, 4.69) is 39.7 Å². The topological polar surface area (TPSA) is 33.6 Å². The van der Waals surface area contributed by atoms with Crippen molar-refractivity contribution in [2.45, 2.75) is 38.6 Å². The Balaban J connectivity index is 1.97. The Morgan fingerprint density at radius 3 is 2.76 bits per heavy atom. The highest BCUT2D eigenvalue weighted by Gasteiger charge is 2.22. The summed E-state index contributed by atoms with van der Waals surface area (Å²) < 4.78 is 3.18. The predicted octanol–water partition coefficient (Wildman–Crippen LogP) is 5.00. The van der Waals surface area contributed by atoms with Crippen molar-refractivity contribution in [3.8, 4) is 0 Å². The average molecular weight is 297 g/mol. The molecule has 0 aliphatic heterocycles. The molecule has 1 fully saturated rings. The van der Waals surface area contributed by atoms with Crippen LogP contribution in [0, 0.1) is 10.7 Å². The van der Waals surface area contributed by atoms with Crippen LogP contribution >= 0.6 is 12.2 Å². The van der Waals surface area contributed by atoms with Crippen LogP contribution in [-0.4, -0.2) is 14.5 Å². The number of benzene rings is 1. The van der Waals surface area contributed by atoms with E-state index in [9.17, 15) is 0 Å². The van der Waals surface area contributed by atoms with E-state index in [0.717, 1.165) is 21.7 Å². The van der Waals surface area contributed by atoms with Crippen LogP contribution in [-0.2, 0) is 0 Å². The van der Waals surface area contributed by atoms with E-state index in [1.165, 1.54) is 36.6 Å². The first-order valence-electron chi connectivity index (χ1n) is 7.72. The molecule has 1 aliphatic carbocycles. The van der Waals surface area contributed by atoms with Gasteiger partial charge < -0.3 is 9.55 Å². The number of aromatic nitrogens is 3. The molecule has 108 valence electrons. The predicted molar refractivity (Wildman–Crippen MR) is 89.1 cm³/mol. The van der Waals surface area contributed by atoms with Crippen molar-refractivity contribution in [2.24, 2.45) is 5.92 Å². The maximum absolute atomic E-state index is 5.61. The molecule has 1 aliphatic rings. The summed E-state index contributed by atoms with van der Waals surface area (Å²) >= 11 is 5.61. The van der Waals surface area contributed by atoms with E-state index >= 15 is 0 Å². The molecule has 0 bridgehead atoms. The number of aromatic amines is 1. The van der Waals surface area contributed by atoms with Crippen LogP contribution in [0.1, 0.15) is 38.6 Å². The Bertz CT molecular complexity index is 853. The molecular formula is C17H19N3S. The number of pyridine rings is 1. The van der Waals surface area contributed by atoms with Gasteiger partial charge in [0.15, 0.2) is 4.77 Å². The van der Waals surface area contributed by atoms with Crippen molar-refractivity contribution in [1.82, 2.24) is 14.5 Å². The molecular weight excluding hydrogens is 278 g/mol. The van der Waals surface area contributed by atoms with E-state index in [0.29, 0.717) is 6.04 Å². The van der Waals surface area contributed by atoms with Gasteiger partial charge in [0.25, 0.3) is 0 Å². The van der Waals surface area contributed by atoms with Gasteiger partial charge in [-0.1, -0.05) is 25.1 Å². The molecule has 2 aromatic heterocycles. The van der Waals surface area contributed by atoms with E-state index in [1.54, 1.807) is 0 Å². The van der Waals surface area contributed by atoms with Gasteiger partial charge in [0.05, 0.1) is 22.7 Å². The minimum absolute atomic E-state index is 0.522. The first-order valence-corrected chi connectivity index (χ1v) is 8.13. The molecule has 0 amide bonds. The normalized spacial score (nSPS) is 22.9.